The van der Waals surface area contributed by atoms with Crippen molar-refractivity contribution >= 4 is 34.4 Å². The van der Waals surface area contributed by atoms with E-state index in [0.29, 0.717) is 33.9 Å². The molecule has 2 saturated heterocycles. The monoisotopic (exact) mass is 761 g/mol. The van der Waals surface area contributed by atoms with Crippen molar-refractivity contribution in [2.24, 2.45) is 13.0 Å². The maximum Gasteiger partial charge on any atom is 0.329 e. The molecular formula is C41H47N9O6. The van der Waals surface area contributed by atoms with Crippen LogP contribution in [0.1, 0.15) is 104 Å². The number of likely N-dealkylation sites (tertiary alicyclic amines) is 1. The first-order chi connectivity index (χ1) is 26.9. The number of nitrogens with one attached hydrogen (secondary N) is 2. The zero-order valence-electron chi connectivity index (χ0n) is 32.0. The van der Waals surface area contributed by atoms with Crippen molar-refractivity contribution in [2.45, 2.75) is 89.0 Å². The Labute approximate surface area is 324 Å². The highest BCUT2D eigenvalue weighted by Gasteiger charge is 2.33. The lowest BCUT2D eigenvalue weighted by Gasteiger charge is -2.36. The minimum atomic E-state index is -1.27. The molecule has 0 radical (unpaired) electrons. The summed E-state index contributed by atoms with van der Waals surface area (Å²) in [7, 11) is 1.67. The van der Waals surface area contributed by atoms with E-state index < -0.39 is 23.5 Å². The third kappa shape index (κ3) is 8.31. The molecule has 3 amide bonds. The SMILES string of the molecule is Cn1c(=O)n(C2CCC(=O)NC2=O)c2cccc(C#CCOC3CCN(C[C@H]4CC[C@H](n5cc(NC(=O)c6cncc(C#N)c6)c(C(C)(C)O)n5)CC4)CC3)c21. The van der Waals surface area contributed by atoms with Gasteiger partial charge in [-0.15, -0.1) is 0 Å². The van der Waals surface area contributed by atoms with E-state index in [2.05, 4.69) is 32.4 Å². The number of anilines is 1. The van der Waals surface area contributed by atoms with Crippen LogP contribution in [0, 0.1) is 29.1 Å². The molecule has 56 heavy (non-hydrogen) atoms. The number of imidazole rings is 1. The number of rotatable bonds is 9. The van der Waals surface area contributed by atoms with Crippen LogP contribution in [0.3, 0.4) is 0 Å². The van der Waals surface area contributed by atoms with Crippen LogP contribution in [0.2, 0.25) is 0 Å². The van der Waals surface area contributed by atoms with Gasteiger partial charge >= 0.3 is 5.69 Å². The summed E-state index contributed by atoms with van der Waals surface area (Å²) in [5.74, 6) is 5.66. The molecule has 2 aliphatic heterocycles. The maximum atomic E-state index is 13.2. The van der Waals surface area contributed by atoms with Gasteiger partial charge in [-0.2, -0.15) is 10.4 Å². The van der Waals surface area contributed by atoms with Gasteiger partial charge in [-0.05, 0) is 82.9 Å². The Hall–Kier alpha value is -5.61. The summed E-state index contributed by atoms with van der Waals surface area (Å²) in [5, 5.41) is 30.0. The zero-order chi connectivity index (χ0) is 39.6. The number of pyridine rings is 1. The third-order valence-corrected chi connectivity index (χ3v) is 11.2. The number of carbonyl (C=O) groups is 3. The summed E-state index contributed by atoms with van der Waals surface area (Å²) in [6.45, 7) is 6.50. The fraction of sp³-hybridized carbons (Fsp3) is 0.488. The highest BCUT2D eigenvalue weighted by Crippen LogP contribution is 2.36. The summed E-state index contributed by atoms with van der Waals surface area (Å²) in [6.07, 6.45) is 11.0. The van der Waals surface area contributed by atoms with Crippen LogP contribution in [-0.2, 0) is 27.0 Å². The van der Waals surface area contributed by atoms with Crippen molar-refractivity contribution in [2.75, 3.05) is 31.6 Å². The smallest absolute Gasteiger partial charge is 0.329 e. The van der Waals surface area contributed by atoms with Gasteiger partial charge in [0, 0.05) is 51.7 Å². The number of nitriles is 1. The van der Waals surface area contributed by atoms with Gasteiger partial charge in [-0.3, -0.25) is 38.5 Å². The third-order valence-electron chi connectivity index (χ3n) is 11.2. The van der Waals surface area contributed by atoms with Gasteiger partial charge in [0.2, 0.25) is 11.8 Å². The molecule has 1 unspecified atom stereocenters. The number of aryl methyl sites for hydroxylation is 1. The minimum Gasteiger partial charge on any atom is -0.384 e. The predicted molar refractivity (Wildman–Crippen MR) is 206 cm³/mol. The van der Waals surface area contributed by atoms with Gasteiger partial charge in [0.05, 0.1) is 45.6 Å². The second-order valence-electron chi connectivity index (χ2n) is 15.6. The predicted octanol–water partition coefficient (Wildman–Crippen LogP) is 3.52. The van der Waals surface area contributed by atoms with Crippen LogP contribution >= 0.6 is 0 Å². The minimum absolute atomic E-state index is 0.121. The normalized spacial score (nSPS) is 20.9. The van der Waals surface area contributed by atoms with E-state index in [1.807, 2.05) is 22.9 Å². The van der Waals surface area contributed by atoms with Gasteiger partial charge in [0.1, 0.15) is 30.0 Å². The van der Waals surface area contributed by atoms with E-state index in [1.165, 1.54) is 27.6 Å². The molecule has 1 atom stereocenters. The molecule has 3 aliphatic rings. The Morgan fingerprint density at radius 2 is 1.86 bits per heavy atom. The number of hydrogen-bond acceptors (Lipinski definition) is 10. The summed E-state index contributed by atoms with van der Waals surface area (Å²) >= 11 is 0. The maximum absolute atomic E-state index is 13.2. The number of hydrogen-bond donors (Lipinski definition) is 3. The van der Waals surface area contributed by atoms with E-state index >= 15 is 0 Å². The molecule has 1 aromatic carbocycles. The molecular weight excluding hydrogens is 715 g/mol. The molecule has 0 bridgehead atoms. The number of imide groups is 1. The van der Waals surface area contributed by atoms with E-state index in [1.54, 1.807) is 33.2 Å². The number of aliphatic hydroxyl groups is 1. The molecule has 4 aromatic rings. The Kier molecular flexibility index (Phi) is 11.2. The number of benzene rings is 1. The second-order valence-corrected chi connectivity index (χ2v) is 15.6. The lowest BCUT2D eigenvalue weighted by atomic mass is 9.85. The number of nitrogens with zero attached hydrogens (tertiary/aromatic N) is 7. The van der Waals surface area contributed by atoms with Gasteiger partial charge < -0.3 is 20.1 Å². The van der Waals surface area contributed by atoms with Crippen molar-refractivity contribution in [1.29, 1.82) is 5.26 Å². The molecule has 7 rings (SSSR count). The van der Waals surface area contributed by atoms with Crippen LogP contribution in [0.4, 0.5) is 5.69 Å². The topological polar surface area (TPSA) is 189 Å². The molecule has 3 fully saturated rings. The highest BCUT2D eigenvalue weighted by atomic mass is 16.5. The first kappa shape index (κ1) is 38.7. The van der Waals surface area contributed by atoms with E-state index in [9.17, 15) is 29.5 Å². The Bertz CT molecular complexity index is 2300. The van der Waals surface area contributed by atoms with Crippen molar-refractivity contribution in [3.05, 3.63) is 75.7 Å². The molecule has 15 nitrogen and oxygen atoms in total. The molecule has 3 aromatic heterocycles. The lowest BCUT2D eigenvalue weighted by Crippen LogP contribution is -2.44. The Balaban J connectivity index is 0.884. The molecule has 1 saturated carbocycles. The number of amides is 3. The number of para-hydroxylation sites is 1. The molecule has 0 spiro atoms. The van der Waals surface area contributed by atoms with Gasteiger partial charge in [-0.25, -0.2) is 4.79 Å². The molecule has 3 N–H and O–H groups in total. The number of ether oxygens (including phenoxy) is 1. The summed E-state index contributed by atoms with van der Waals surface area (Å²) < 4.78 is 11.0. The average Bonchev–Trinajstić information content (AvgIpc) is 3.73. The lowest BCUT2D eigenvalue weighted by molar-refractivity contribution is -0.135. The van der Waals surface area contributed by atoms with Crippen LogP contribution < -0.4 is 16.3 Å². The summed E-state index contributed by atoms with van der Waals surface area (Å²) in [4.78, 5) is 57.0. The number of aromatic nitrogens is 5. The zero-order valence-corrected chi connectivity index (χ0v) is 32.0. The number of fused-ring (bicyclic) bond motifs is 1. The largest absolute Gasteiger partial charge is 0.384 e. The van der Waals surface area contributed by atoms with E-state index in [0.717, 1.165) is 58.2 Å². The van der Waals surface area contributed by atoms with Gasteiger partial charge in [0.25, 0.3) is 5.91 Å². The Morgan fingerprint density at radius 3 is 2.57 bits per heavy atom. The average molecular weight is 762 g/mol. The van der Waals surface area contributed by atoms with E-state index in [-0.39, 0.29) is 54.3 Å². The fourth-order valence-electron chi connectivity index (χ4n) is 8.22. The van der Waals surface area contributed by atoms with Crippen molar-refractivity contribution in [3.8, 4) is 17.9 Å². The second kappa shape index (κ2) is 16.2. The first-order valence-corrected chi connectivity index (χ1v) is 19.2. The van der Waals surface area contributed by atoms with Crippen LogP contribution in [0.15, 0.2) is 47.7 Å². The number of piperidine rings is 2. The van der Waals surface area contributed by atoms with Crippen LogP contribution in [0.5, 0.6) is 0 Å². The highest BCUT2D eigenvalue weighted by molar-refractivity contribution is 6.04. The standard InChI is InChI=1S/C41H47N9O6/c1-41(2,55)37-32(44-38(52)29-20-27(21-42)22-43-23-29)25-49(46-37)30-11-9-26(10-12-30)24-48-17-15-31(16-18-48)56-19-5-7-28-6-4-8-33-36(28)47(3)40(54)50(33)34-13-14-35(51)45-39(34)53/h4,6,8,20,22-23,25-26,30-31,34,55H,9-19,24H2,1-3H3,(H,44,52)(H,45,51,53)/t26-,30-,34?. The molecule has 15 heteroatoms. The van der Waals surface area contributed by atoms with Crippen molar-refractivity contribution in [3.63, 3.8) is 0 Å². The number of carbonyl (C=O) groups excluding carboxylic acids is 3. The fourth-order valence-corrected chi connectivity index (χ4v) is 8.22. The van der Waals surface area contributed by atoms with Gasteiger partial charge in [0.15, 0.2) is 0 Å². The summed E-state index contributed by atoms with van der Waals surface area (Å²) in [6, 6.07) is 8.36. The molecule has 1 aliphatic carbocycles. The Morgan fingerprint density at radius 1 is 1.09 bits per heavy atom. The summed E-state index contributed by atoms with van der Waals surface area (Å²) in [5.41, 5.74) is 1.70. The first-order valence-electron chi connectivity index (χ1n) is 19.2. The quantitative estimate of drug-likeness (QED) is 0.168. The molecule has 292 valence electrons. The van der Waals surface area contributed by atoms with Crippen LogP contribution in [0.25, 0.3) is 11.0 Å². The molecule has 5 heterocycles. The van der Waals surface area contributed by atoms with Crippen LogP contribution in [-0.4, -0.2) is 84.0 Å². The van der Waals surface area contributed by atoms with Crippen molar-refractivity contribution in [1.82, 2.24) is 34.1 Å². The van der Waals surface area contributed by atoms with E-state index in [4.69, 9.17) is 9.84 Å². The van der Waals surface area contributed by atoms with Gasteiger partial charge in [-0.1, -0.05) is 17.9 Å². The van der Waals surface area contributed by atoms with Crippen molar-refractivity contribution < 1.29 is 24.2 Å².